The number of anilines is 1. The van der Waals surface area contributed by atoms with Crippen LogP contribution in [0, 0.1) is 5.82 Å². The highest BCUT2D eigenvalue weighted by atomic mass is 19.1. The maximum absolute atomic E-state index is 12.9. The second-order valence-electron chi connectivity index (χ2n) is 2.79. The van der Waals surface area contributed by atoms with Gasteiger partial charge < -0.3 is 10.3 Å². The monoisotopic (exact) mass is 176 g/mol. The third-order valence-electron chi connectivity index (χ3n) is 1.88. The van der Waals surface area contributed by atoms with Crippen LogP contribution < -0.4 is 5.73 Å². The molecule has 0 aliphatic carbocycles. The molecule has 0 fully saturated rings. The molecule has 13 heavy (non-hydrogen) atoms. The zero-order valence-corrected chi connectivity index (χ0v) is 6.94. The molecule has 3 heteroatoms. The Morgan fingerprint density at radius 3 is 2.54 bits per heavy atom. The number of aromatic nitrogens is 1. The molecule has 1 aromatic heterocycles. The molecule has 2 aromatic rings. The van der Waals surface area contributed by atoms with Gasteiger partial charge >= 0.3 is 0 Å². The Hall–Kier alpha value is -1.77. The molecule has 2 nitrogen and oxygen atoms in total. The van der Waals surface area contributed by atoms with E-state index in [9.17, 15) is 4.39 Å². The van der Waals surface area contributed by atoms with Gasteiger partial charge in [-0.3, -0.25) is 0 Å². The fourth-order valence-corrected chi connectivity index (χ4v) is 1.24. The highest BCUT2D eigenvalue weighted by Gasteiger charge is 2.01. The Labute approximate surface area is 75.4 Å². The first-order chi connectivity index (χ1) is 6.27. The Bertz CT molecular complexity index is 407. The molecule has 0 spiro atoms. The van der Waals surface area contributed by atoms with E-state index in [1.807, 2.05) is 24.5 Å². The summed E-state index contributed by atoms with van der Waals surface area (Å²) in [6, 6.07) is 8.05. The minimum Gasteiger partial charge on any atom is -0.397 e. The van der Waals surface area contributed by atoms with Gasteiger partial charge in [0.2, 0.25) is 0 Å². The van der Waals surface area contributed by atoms with E-state index in [-0.39, 0.29) is 5.82 Å². The third kappa shape index (κ3) is 1.40. The Morgan fingerprint density at radius 1 is 1.15 bits per heavy atom. The van der Waals surface area contributed by atoms with Crippen molar-refractivity contribution in [2.45, 2.75) is 0 Å². The molecule has 1 heterocycles. The molecule has 0 radical (unpaired) electrons. The summed E-state index contributed by atoms with van der Waals surface area (Å²) >= 11 is 0. The van der Waals surface area contributed by atoms with Crippen LogP contribution in [0.5, 0.6) is 0 Å². The van der Waals surface area contributed by atoms with Gasteiger partial charge in [0.25, 0.3) is 0 Å². The van der Waals surface area contributed by atoms with Crippen molar-refractivity contribution < 1.29 is 4.39 Å². The third-order valence-corrected chi connectivity index (χ3v) is 1.88. The molecule has 0 aliphatic rings. The summed E-state index contributed by atoms with van der Waals surface area (Å²) < 4.78 is 14.6. The highest BCUT2D eigenvalue weighted by Crippen LogP contribution is 2.17. The zero-order chi connectivity index (χ0) is 9.26. The molecule has 1 aromatic carbocycles. The summed E-state index contributed by atoms with van der Waals surface area (Å²) in [5.74, 6) is -0.280. The molecule has 0 unspecified atom stereocenters. The van der Waals surface area contributed by atoms with Gasteiger partial charge in [-0.25, -0.2) is 4.39 Å². The zero-order valence-electron chi connectivity index (χ0n) is 6.94. The minimum absolute atomic E-state index is 0.280. The maximum Gasteiger partial charge on any atom is 0.125 e. The first-order valence-electron chi connectivity index (χ1n) is 3.96. The SMILES string of the molecule is Nc1ccc(F)cc1-n1cccc1. The summed E-state index contributed by atoms with van der Waals surface area (Å²) in [5.41, 5.74) is 6.93. The van der Waals surface area contributed by atoms with Crippen LogP contribution in [0.4, 0.5) is 10.1 Å². The first kappa shape index (κ1) is 7.86. The number of hydrogen-bond donors (Lipinski definition) is 1. The van der Waals surface area contributed by atoms with Crippen molar-refractivity contribution in [2.24, 2.45) is 0 Å². The molecule has 2 rings (SSSR count). The van der Waals surface area contributed by atoms with Gasteiger partial charge in [-0.2, -0.15) is 0 Å². The summed E-state index contributed by atoms with van der Waals surface area (Å²) in [6.07, 6.45) is 3.65. The fraction of sp³-hybridized carbons (Fsp3) is 0. The van der Waals surface area contributed by atoms with Crippen LogP contribution >= 0.6 is 0 Å². The number of rotatable bonds is 1. The number of benzene rings is 1. The van der Waals surface area contributed by atoms with E-state index in [1.165, 1.54) is 12.1 Å². The summed E-state index contributed by atoms with van der Waals surface area (Å²) in [7, 11) is 0. The Balaban J connectivity index is 2.57. The summed E-state index contributed by atoms with van der Waals surface area (Å²) in [5, 5.41) is 0. The molecule has 0 atom stereocenters. The number of hydrogen-bond acceptors (Lipinski definition) is 1. The number of nitrogens with two attached hydrogens (primary N) is 1. The minimum atomic E-state index is -0.280. The summed E-state index contributed by atoms with van der Waals surface area (Å²) in [4.78, 5) is 0. The van der Waals surface area contributed by atoms with Gasteiger partial charge in [0.05, 0.1) is 11.4 Å². The Kier molecular flexibility index (Phi) is 1.77. The van der Waals surface area contributed by atoms with E-state index < -0.39 is 0 Å². The molecule has 0 aliphatic heterocycles. The van der Waals surface area contributed by atoms with Crippen molar-refractivity contribution in [2.75, 3.05) is 5.73 Å². The highest BCUT2D eigenvalue weighted by molar-refractivity contribution is 5.57. The van der Waals surface area contributed by atoms with Crippen LogP contribution in [-0.4, -0.2) is 4.57 Å². The second kappa shape index (κ2) is 2.94. The molecule has 0 amide bonds. The van der Waals surface area contributed by atoms with Gasteiger partial charge in [0.15, 0.2) is 0 Å². The quantitative estimate of drug-likeness (QED) is 0.663. The summed E-state index contributed by atoms with van der Waals surface area (Å²) in [6.45, 7) is 0. The average Bonchev–Trinajstić information content (AvgIpc) is 2.61. The first-order valence-corrected chi connectivity index (χ1v) is 3.96. The van der Waals surface area contributed by atoms with Crippen LogP contribution in [-0.2, 0) is 0 Å². The van der Waals surface area contributed by atoms with Gasteiger partial charge in [-0.1, -0.05) is 0 Å². The number of halogens is 1. The second-order valence-corrected chi connectivity index (χ2v) is 2.79. The molecule has 0 saturated heterocycles. The molecule has 0 bridgehead atoms. The van der Waals surface area contributed by atoms with E-state index in [4.69, 9.17) is 5.73 Å². The van der Waals surface area contributed by atoms with Crippen LogP contribution in [0.3, 0.4) is 0 Å². The van der Waals surface area contributed by atoms with Crippen LogP contribution in [0.2, 0.25) is 0 Å². The van der Waals surface area contributed by atoms with Crippen LogP contribution in [0.25, 0.3) is 5.69 Å². The molecule has 2 N–H and O–H groups in total. The van der Waals surface area contributed by atoms with Crippen molar-refractivity contribution >= 4 is 5.69 Å². The number of nitrogen functional groups attached to an aromatic ring is 1. The van der Waals surface area contributed by atoms with Crippen LogP contribution in [0.1, 0.15) is 0 Å². The van der Waals surface area contributed by atoms with E-state index >= 15 is 0 Å². The Morgan fingerprint density at radius 2 is 1.85 bits per heavy atom. The fourth-order valence-electron chi connectivity index (χ4n) is 1.24. The molecular formula is C10H9FN2. The predicted octanol–water partition coefficient (Wildman–Crippen LogP) is 2.20. The normalized spacial score (nSPS) is 10.2. The maximum atomic E-state index is 12.9. The molecular weight excluding hydrogens is 167 g/mol. The van der Waals surface area contributed by atoms with Crippen molar-refractivity contribution in [1.82, 2.24) is 4.57 Å². The van der Waals surface area contributed by atoms with Gasteiger partial charge in [-0.05, 0) is 30.3 Å². The average molecular weight is 176 g/mol. The van der Waals surface area contributed by atoms with E-state index in [0.717, 1.165) is 0 Å². The lowest BCUT2D eigenvalue weighted by atomic mass is 10.2. The lowest BCUT2D eigenvalue weighted by Crippen LogP contribution is -1.97. The lowest BCUT2D eigenvalue weighted by molar-refractivity contribution is 0.627. The van der Waals surface area contributed by atoms with E-state index in [2.05, 4.69) is 0 Å². The van der Waals surface area contributed by atoms with Crippen molar-refractivity contribution in [3.63, 3.8) is 0 Å². The molecule has 66 valence electrons. The smallest absolute Gasteiger partial charge is 0.125 e. The topological polar surface area (TPSA) is 30.9 Å². The predicted molar refractivity (Wildman–Crippen MR) is 50.1 cm³/mol. The van der Waals surface area contributed by atoms with Crippen molar-refractivity contribution in [3.05, 3.63) is 48.5 Å². The molecule has 0 saturated carbocycles. The van der Waals surface area contributed by atoms with Crippen molar-refractivity contribution in [1.29, 1.82) is 0 Å². The standard InChI is InChI=1S/C10H9FN2/c11-8-3-4-9(12)10(7-8)13-5-1-2-6-13/h1-7H,12H2. The van der Waals surface area contributed by atoms with Gasteiger partial charge in [0.1, 0.15) is 5.82 Å². The van der Waals surface area contributed by atoms with Gasteiger partial charge in [0, 0.05) is 12.4 Å². The number of nitrogens with zero attached hydrogens (tertiary/aromatic N) is 1. The van der Waals surface area contributed by atoms with Crippen LogP contribution in [0.15, 0.2) is 42.7 Å². The largest absolute Gasteiger partial charge is 0.397 e. The lowest BCUT2D eigenvalue weighted by Gasteiger charge is -2.06. The van der Waals surface area contributed by atoms with Crippen molar-refractivity contribution in [3.8, 4) is 5.69 Å². The van der Waals surface area contributed by atoms with Gasteiger partial charge in [-0.15, -0.1) is 0 Å². The van der Waals surface area contributed by atoms with E-state index in [0.29, 0.717) is 11.4 Å². The van der Waals surface area contributed by atoms with E-state index in [1.54, 1.807) is 10.6 Å².